The molecule has 0 aliphatic rings. The fourth-order valence-corrected chi connectivity index (χ4v) is 3.11. The molecule has 1 N–H and O–H groups in total. The Morgan fingerprint density at radius 2 is 2.38 bits per heavy atom. The molecule has 0 fully saturated rings. The van der Waals surface area contributed by atoms with Crippen LogP contribution in [0, 0.1) is 0 Å². The maximum atomic E-state index is 11.5. The largest absolute Gasteiger partial charge is 0.465 e. The molecule has 1 rings (SSSR count). The molecule has 1 aromatic rings. The van der Waals surface area contributed by atoms with E-state index >= 15 is 0 Å². The van der Waals surface area contributed by atoms with Crippen LogP contribution in [0.15, 0.2) is 10.4 Å². The summed E-state index contributed by atoms with van der Waals surface area (Å²) in [6.45, 7) is 1.42. The standard InChI is InChI=1S/C7H9ClN2O4S2/c1-2-14-5(11)3-10-16(12,13)6-4-9-7(8)15-6/h4,10H,2-3H2,1H3. The molecule has 0 bridgehead atoms. The number of aromatic nitrogens is 1. The van der Waals surface area contributed by atoms with Gasteiger partial charge in [0.1, 0.15) is 6.54 Å². The molecule has 0 aromatic carbocycles. The van der Waals surface area contributed by atoms with Crippen LogP contribution in [-0.2, 0) is 19.6 Å². The van der Waals surface area contributed by atoms with E-state index in [1.54, 1.807) is 6.92 Å². The zero-order valence-corrected chi connectivity index (χ0v) is 10.7. The smallest absolute Gasteiger partial charge is 0.321 e. The zero-order valence-electron chi connectivity index (χ0n) is 8.27. The average molecular weight is 285 g/mol. The topological polar surface area (TPSA) is 85.4 Å². The summed E-state index contributed by atoms with van der Waals surface area (Å²) in [7, 11) is -3.73. The van der Waals surface area contributed by atoms with Gasteiger partial charge < -0.3 is 4.74 Å². The van der Waals surface area contributed by atoms with Crippen molar-refractivity contribution >= 4 is 38.9 Å². The predicted octanol–water partition coefficient (Wildman–Crippen LogP) is 0.638. The molecule has 0 atom stereocenters. The highest BCUT2D eigenvalue weighted by Crippen LogP contribution is 2.21. The normalized spacial score (nSPS) is 11.4. The molecule has 0 saturated carbocycles. The zero-order chi connectivity index (χ0) is 12.2. The molecule has 1 aromatic heterocycles. The van der Waals surface area contributed by atoms with Crippen LogP contribution >= 0.6 is 22.9 Å². The summed E-state index contributed by atoms with van der Waals surface area (Å²) in [4.78, 5) is 14.5. The maximum Gasteiger partial charge on any atom is 0.321 e. The van der Waals surface area contributed by atoms with Gasteiger partial charge in [-0.15, -0.1) is 0 Å². The second-order valence-corrected chi connectivity index (χ2v) is 6.17. The summed E-state index contributed by atoms with van der Waals surface area (Å²) in [6, 6.07) is 0. The summed E-state index contributed by atoms with van der Waals surface area (Å²) in [5.41, 5.74) is 0. The molecule has 0 spiro atoms. The van der Waals surface area contributed by atoms with Crippen molar-refractivity contribution in [3.8, 4) is 0 Å². The van der Waals surface area contributed by atoms with Crippen LogP contribution in [0.3, 0.4) is 0 Å². The Bertz CT molecular complexity index is 470. The van der Waals surface area contributed by atoms with Crippen molar-refractivity contribution in [1.29, 1.82) is 0 Å². The molecule has 6 nitrogen and oxygen atoms in total. The quantitative estimate of drug-likeness (QED) is 0.802. The van der Waals surface area contributed by atoms with Gasteiger partial charge in [-0.1, -0.05) is 22.9 Å². The van der Waals surface area contributed by atoms with Gasteiger partial charge in [-0.3, -0.25) is 4.79 Å². The Morgan fingerprint density at radius 3 is 2.88 bits per heavy atom. The summed E-state index contributed by atoms with van der Waals surface area (Å²) in [5, 5.41) is 0. The number of nitrogens with one attached hydrogen (secondary N) is 1. The van der Waals surface area contributed by atoms with E-state index in [0.29, 0.717) is 0 Å². The molecule has 0 aliphatic carbocycles. The number of esters is 1. The van der Waals surface area contributed by atoms with Crippen LogP contribution in [0.5, 0.6) is 0 Å². The van der Waals surface area contributed by atoms with Gasteiger partial charge in [-0.05, 0) is 6.92 Å². The first-order valence-corrected chi connectivity index (χ1v) is 6.90. The van der Waals surface area contributed by atoms with Crippen LogP contribution in [0.4, 0.5) is 0 Å². The highest BCUT2D eigenvalue weighted by molar-refractivity contribution is 7.91. The minimum absolute atomic E-state index is 0.0400. The third-order valence-electron chi connectivity index (χ3n) is 1.43. The van der Waals surface area contributed by atoms with Gasteiger partial charge in [-0.2, -0.15) is 4.72 Å². The molecular weight excluding hydrogens is 276 g/mol. The van der Waals surface area contributed by atoms with E-state index in [1.165, 1.54) is 0 Å². The fourth-order valence-electron chi connectivity index (χ4n) is 0.800. The number of sulfonamides is 1. The van der Waals surface area contributed by atoms with Gasteiger partial charge >= 0.3 is 5.97 Å². The van der Waals surface area contributed by atoms with Crippen LogP contribution < -0.4 is 4.72 Å². The maximum absolute atomic E-state index is 11.5. The van der Waals surface area contributed by atoms with E-state index in [1.807, 2.05) is 0 Å². The second kappa shape index (κ2) is 5.58. The molecule has 16 heavy (non-hydrogen) atoms. The Labute approximate surface area is 102 Å². The summed E-state index contributed by atoms with van der Waals surface area (Å²) in [6.07, 6.45) is 1.13. The van der Waals surface area contributed by atoms with E-state index in [2.05, 4.69) is 14.4 Å². The van der Waals surface area contributed by atoms with E-state index in [0.717, 1.165) is 17.5 Å². The monoisotopic (exact) mass is 284 g/mol. The Balaban J connectivity index is 2.63. The van der Waals surface area contributed by atoms with Crippen LogP contribution in [0.1, 0.15) is 6.92 Å². The van der Waals surface area contributed by atoms with Crippen molar-refractivity contribution in [1.82, 2.24) is 9.71 Å². The van der Waals surface area contributed by atoms with E-state index in [-0.39, 0.29) is 15.3 Å². The van der Waals surface area contributed by atoms with Crippen molar-refractivity contribution in [2.45, 2.75) is 11.1 Å². The molecule has 0 radical (unpaired) electrons. The lowest BCUT2D eigenvalue weighted by atomic mass is 10.7. The van der Waals surface area contributed by atoms with Crippen LogP contribution in [0.2, 0.25) is 4.47 Å². The lowest BCUT2D eigenvalue weighted by molar-refractivity contribution is -0.141. The minimum Gasteiger partial charge on any atom is -0.465 e. The molecule has 0 saturated heterocycles. The molecule has 0 aliphatic heterocycles. The summed E-state index contributed by atoms with van der Waals surface area (Å²) in [5.74, 6) is -0.637. The highest BCUT2D eigenvalue weighted by Gasteiger charge is 2.18. The number of ether oxygens (including phenoxy) is 1. The number of hydrogen-bond donors (Lipinski definition) is 1. The number of hydrogen-bond acceptors (Lipinski definition) is 6. The Hall–Kier alpha value is -0.700. The molecule has 0 amide bonds. The Morgan fingerprint density at radius 1 is 1.69 bits per heavy atom. The number of rotatable bonds is 5. The average Bonchev–Trinajstić information content (AvgIpc) is 2.63. The molecule has 90 valence electrons. The van der Waals surface area contributed by atoms with Crippen molar-refractivity contribution in [2.75, 3.05) is 13.2 Å². The van der Waals surface area contributed by atoms with E-state index in [9.17, 15) is 13.2 Å². The first kappa shape index (κ1) is 13.4. The van der Waals surface area contributed by atoms with Gasteiger partial charge in [0.25, 0.3) is 10.0 Å². The van der Waals surface area contributed by atoms with Crippen molar-refractivity contribution in [2.24, 2.45) is 0 Å². The van der Waals surface area contributed by atoms with E-state index in [4.69, 9.17) is 11.6 Å². The van der Waals surface area contributed by atoms with Gasteiger partial charge in [-0.25, -0.2) is 13.4 Å². The van der Waals surface area contributed by atoms with Crippen LogP contribution in [-0.4, -0.2) is 32.5 Å². The van der Waals surface area contributed by atoms with Crippen LogP contribution in [0.25, 0.3) is 0 Å². The second-order valence-electron chi connectivity index (χ2n) is 2.56. The first-order valence-electron chi connectivity index (χ1n) is 4.22. The molecule has 1 heterocycles. The summed E-state index contributed by atoms with van der Waals surface area (Å²) >= 11 is 6.31. The van der Waals surface area contributed by atoms with Gasteiger partial charge in [0.2, 0.25) is 0 Å². The lowest BCUT2D eigenvalue weighted by Gasteiger charge is -2.03. The number of nitrogens with zero attached hydrogens (tertiary/aromatic N) is 1. The van der Waals surface area contributed by atoms with Crippen molar-refractivity contribution < 1.29 is 17.9 Å². The van der Waals surface area contributed by atoms with Gasteiger partial charge in [0.05, 0.1) is 12.8 Å². The van der Waals surface area contributed by atoms with Gasteiger partial charge in [0, 0.05) is 0 Å². The summed E-state index contributed by atoms with van der Waals surface area (Å²) < 4.78 is 29.8. The number of carbonyl (C=O) groups excluding carboxylic acids is 1. The lowest BCUT2D eigenvalue weighted by Crippen LogP contribution is -2.30. The SMILES string of the molecule is CCOC(=O)CNS(=O)(=O)c1cnc(Cl)s1. The Kier molecular flexibility index (Phi) is 4.66. The molecule has 0 unspecified atom stereocenters. The molecular formula is C7H9ClN2O4S2. The number of halogens is 1. The first-order chi connectivity index (χ1) is 7.45. The molecule has 9 heteroatoms. The highest BCUT2D eigenvalue weighted by atomic mass is 35.5. The predicted molar refractivity (Wildman–Crippen MR) is 58.9 cm³/mol. The number of thiazole rings is 1. The third-order valence-corrected chi connectivity index (χ3v) is 4.41. The van der Waals surface area contributed by atoms with Crippen molar-refractivity contribution in [3.63, 3.8) is 0 Å². The van der Waals surface area contributed by atoms with E-state index < -0.39 is 22.5 Å². The third kappa shape index (κ3) is 3.71. The van der Waals surface area contributed by atoms with Crippen molar-refractivity contribution in [3.05, 3.63) is 10.7 Å². The fraction of sp³-hybridized carbons (Fsp3) is 0.429. The van der Waals surface area contributed by atoms with Gasteiger partial charge in [0.15, 0.2) is 8.68 Å². The minimum atomic E-state index is -3.73. The number of carbonyl (C=O) groups is 1.